The fraction of sp³-hybridized carbons (Fsp3) is 0.182. The minimum absolute atomic E-state index is 0.0918. The molecule has 1 atom stereocenters. The number of rotatable bonds is 3. The number of halogens is 2. The van der Waals surface area contributed by atoms with Gasteiger partial charge in [-0.05, 0) is 6.07 Å². The summed E-state index contributed by atoms with van der Waals surface area (Å²) in [5, 5.41) is 11.4. The molecule has 1 aromatic rings. The van der Waals surface area contributed by atoms with Crippen molar-refractivity contribution in [2.45, 2.75) is 6.04 Å². The molecule has 15 heavy (non-hydrogen) atoms. The van der Waals surface area contributed by atoms with E-state index in [1.54, 1.807) is 0 Å². The van der Waals surface area contributed by atoms with Crippen LogP contribution in [-0.2, 0) is 0 Å². The summed E-state index contributed by atoms with van der Waals surface area (Å²) < 4.78 is 25.8. The first-order valence-corrected chi connectivity index (χ1v) is 4.20. The first-order valence-electron chi connectivity index (χ1n) is 4.20. The van der Waals surface area contributed by atoms with Crippen LogP contribution in [0, 0.1) is 35.3 Å². The fourth-order valence-corrected chi connectivity index (χ4v) is 1.12. The van der Waals surface area contributed by atoms with Gasteiger partial charge in [0.1, 0.15) is 17.7 Å². The van der Waals surface area contributed by atoms with Gasteiger partial charge in [-0.15, -0.1) is 6.42 Å². The van der Waals surface area contributed by atoms with Crippen LogP contribution in [0.2, 0.25) is 0 Å². The van der Waals surface area contributed by atoms with Crippen molar-refractivity contribution in [1.29, 1.82) is 5.26 Å². The van der Waals surface area contributed by atoms with Crippen LogP contribution in [0.25, 0.3) is 0 Å². The molecule has 4 heteroatoms. The minimum Gasteiger partial charge on any atom is -0.287 e. The van der Waals surface area contributed by atoms with E-state index in [1.165, 1.54) is 6.07 Å². The van der Waals surface area contributed by atoms with Crippen molar-refractivity contribution < 1.29 is 8.78 Å². The van der Waals surface area contributed by atoms with Crippen LogP contribution in [0.15, 0.2) is 18.2 Å². The van der Waals surface area contributed by atoms with Crippen LogP contribution in [-0.4, -0.2) is 6.54 Å². The van der Waals surface area contributed by atoms with Crippen molar-refractivity contribution in [3.8, 4) is 18.4 Å². The number of nitriles is 1. The van der Waals surface area contributed by atoms with Crippen LogP contribution in [0.5, 0.6) is 0 Å². The topological polar surface area (TPSA) is 35.8 Å². The zero-order valence-electron chi connectivity index (χ0n) is 7.80. The Morgan fingerprint density at radius 3 is 2.73 bits per heavy atom. The summed E-state index contributed by atoms with van der Waals surface area (Å²) in [6.07, 6.45) is 5.00. The summed E-state index contributed by atoms with van der Waals surface area (Å²) in [6.45, 7) is 0.148. The van der Waals surface area contributed by atoms with Crippen molar-refractivity contribution in [3.63, 3.8) is 0 Å². The Hall–Kier alpha value is -1.91. The Labute approximate surface area is 86.5 Å². The molecule has 76 valence electrons. The molecule has 0 aliphatic rings. The maximum atomic E-state index is 13.2. The van der Waals surface area contributed by atoms with E-state index in [2.05, 4.69) is 11.2 Å². The standard InChI is InChI=1S/C11H8F2N2/c1-2-5-15-11(7-14)9-4-3-8(12)6-10(9)13/h1,3-4,6,11,15H,5H2. The molecule has 0 aromatic heterocycles. The maximum Gasteiger partial charge on any atom is 0.131 e. The van der Waals surface area contributed by atoms with Gasteiger partial charge < -0.3 is 0 Å². The molecule has 0 amide bonds. The van der Waals surface area contributed by atoms with Crippen molar-refractivity contribution in [2.75, 3.05) is 6.54 Å². The summed E-state index contributed by atoms with van der Waals surface area (Å²) in [6, 6.07) is 4.04. The van der Waals surface area contributed by atoms with E-state index < -0.39 is 17.7 Å². The quantitative estimate of drug-likeness (QED) is 0.765. The molecule has 0 saturated heterocycles. The number of hydrogen-bond donors (Lipinski definition) is 1. The van der Waals surface area contributed by atoms with Crippen LogP contribution in [0.3, 0.4) is 0 Å². The van der Waals surface area contributed by atoms with Crippen LogP contribution in [0.4, 0.5) is 8.78 Å². The minimum atomic E-state index is -0.860. The van der Waals surface area contributed by atoms with E-state index in [-0.39, 0.29) is 12.1 Å². The third kappa shape index (κ3) is 2.77. The van der Waals surface area contributed by atoms with Gasteiger partial charge in [0, 0.05) is 11.6 Å². The molecule has 0 aliphatic heterocycles. The van der Waals surface area contributed by atoms with E-state index in [0.29, 0.717) is 0 Å². The number of nitrogens with one attached hydrogen (secondary N) is 1. The van der Waals surface area contributed by atoms with E-state index >= 15 is 0 Å². The van der Waals surface area contributed by atoms with Gasteiger partial charge in [0.25, 0.3) is 0 Å². The molecule has 1 rings (SSSR count). The highest BCUT2D eigenvalue weighted by molar-refractivity contribution is 5.26. The van der Waals surface area contributed by atoms with Gasteiger partial charge in [0.05, 0.1) is 12.6 Å². The van der Waals surface area contributed by atoms with Crippen molar-refractivity contribution in [3.05, 3.63) is 35.4 Å². The number of nitrogens with zero attached hydrogens (tertiary/aromatic N) is 1. The van der Waals surface area contributed by atoms with E-state index in [1.807, 2.05) is 6.07 Å². The summed E-state index contributed by atoms with van der Waals surface area (Å²) >= 11 is 0. The molecular formula is C11H8F2N2. The Balaban J connectivity index is 2.94. The first kappa shape index (κ1) is 11.2. The highest BCUT2D eigenvalue weighted by Gasteiger charge is 2.14. The molecule has 0 bridgehead atoms. The summed E-state index contributed by atoms with van der Waals surface area (Å²) in [5.74, 6) is 0.840. The van der Waals surface area contributed by atoms with E-state index in [4.69, 9.17) is 11.7 Å². The SMILES string of the molecule is C#CCNC(C#N)c1ccc(F)cc1F. The zero-order chi connectivity index (χ0) is 11.3. The summed E-state index contributed by atoms with van der Waals surface area (Å²) in [7, 11) is 0. The Bertz CT molecular complexity index is 429. The average Bonchev–Trinajstić information content (AvgIpc) is 2.21. The molecule has 0 saturated carbocycles. The monoisotopic (exact) mass is 206 g/mol. The predicted molar refractivity (Wildman–Crippen MR) is 51.5 cm³/mol. The van der Waals surface area contributed by atoms with Gasteiger partial charge in [-0.3, -0.25) is 5.32 Å². The lowest BCUT2D eigenvalue weighted by Crippen LogP contribution is -2.21. The molecule has 2 nitrogen and oxygen atoms in total. The van der Waals surface area contributed by atoms with Crippen LogP contribution in [0.1, 0.15) is 11.6 Å². The Morgan fingerprint density at radius 2 is 2.20 bits per heavy atom. The maximum absolute atomic E-state index is 13.2. The van der Waals surface area contributed by atoms with Gasteiger partial charge in [-0.25, -0.2) is 8.78 Å². The summed E-state index contributed by atoms with van der Waals surface area (Å²) in [4.78, 5) is 0. The molecule has 1 N–H and O–H groups in total. The Morgan fingerprint density at radius 1 is 1.47 bits per heavy atom. The number of terminal acetylenes is 1. The third-order valence-corrected chi connectivity index (χ3v) is 1.81. The molecule has 1 unspecified atom stereocenters. The molecule has 0 aliphatic carbocycles. The molecule has 0 radical (unpaired) electrons. The second-order valence-corrected chi connectivity index (χ2v) is 2.81. The Kier molecular flexibility index (Phi) is 3.79. The molecule has 0 spiro atoms. The highest BCUT2D eigenvalue weighted by atomic mass is 19.1. The molecule has 0 heterocycles. The average molecular weight is 206 g/mol. The zero-order valence-corrected chi connectivity index (χ0v) is 7.80. The van der Waals surface area contributed by atoms with Gasteiger partial charge in [-0.1, -0.05) is 12.0 Å². The van der Waals surface area contributed by atoms with E-state index in [0.717, 1.165) is 12.1 Å². The normalized spacial score (nSPS) is 11.5. The number of hydrogen-bond acceptors (Lipinski definition) is 2. The highest BCUT2D eigenvalue weighted by Crippen LogP contribution is 2.17. The molecule has 0 fully saturated rings. The first-order chi connectivity index (χ1) is 7.19. The molecule has 1 aromatic carbocycles. The van der Waals surface area contributed by atoms with Crippen molar-refractivity contribution in [1.82, 2.24) is 5.32 Å². The van der Waals surface area contributed by atoms with Crippen molar-refractivity contribution >= 4 is 0 Å². The number of benzene rings is 1. The lowest BCUT2D eigenvalue weighted by Gasteiger charge is -2.10. The fourth-order valence-electron chi connectivity index (χ4n) is 1.12. The van der Waals surface area contributed by atoms with Gasteiger partial charge >= 0.3 is 0 Å². The van der Waals surface area contributed by atoms with E-state index in [9.17, 15) is 8.78 Å². The lowest BCUT2D eigenvalue weighted by atomic mass is 10.1. The van der Waals surface area contributed by atoms with Crippen LogP contribution >= 0.6 is 0 Å². The second-order valence-electron chi connectivity index (χ2n) is 2.81. The smallest absolute Gasteiger partial charge is 0.131 e. The van der Waals surface area contributed by atoms with Crippen LogP contribution < -0.4 is 5.32 Å². The van der Waals surface area contributed by atoms with Crippen molar-refractivity contribution in [2.24, 2.45) is 0 Å². The molecular weight excluding hydrogens is 198 g/mol. The predicted octanol–water partition coefficient (Wildman–Crippen LogP) is 1.75. The van der Waals surface area contributed by atoms with Gasteiger partial charge in [0.2, 0.25) is 0 Å². The van der Waals surface area contributed by atoms with Gasteiger partial charge in [0.15, 0.2) is 0 Å². The largest absolute Gasteiger partial charge is 0.287 e. The lowest BCUT2D eigenvalue weighted by molar-refractivity contribution is 0.554. The third-order valence-electron chi connectivity index (χ3n) is 1.81. The second kappa shape index (κ2) is 5.09. The summed E-state index contributed by atoms with van der Waals surface area (Å²) in [5.41, 5.74) is 0.0918. The van der Waals surface area contributed by atoms with Gasteiger partial charge in [-0.2, -0.15) is 5.26 Å².